The van der Waals surface area contributed by atoms with Crippen LogP contribution in [0.2, 0.25) is 0 Å². The number of aromatic nitrogens is 3. The molecule has 1 aromatic heterocycles. The molecule has 1 atom stereocenters. The molecule has 11 heteroatoms. The number of halogens is 1. The fourth-order valence-electron chi connectivity index (χ4n) is 1.99. The molecule has 8 nitrogen and oxygen atoms in total. The molecule has 0 radical (unpaired) electrons. The van der Waals surface area contributed by atoms with Gasteiger partial charge in [-0.05, 0) is 22.4 Å². The van der Waals surface area contributed by atoms with Gasteiger partial charge in [-0.2, -0.15) is 4.31 Å². The second-order valence-corrected chi connectivity index (χ2v) is 9.28. The van der Waals surface area contributed by atoms with Crippen molar-refractivity contribution in [3.05, 3.63) is 4.60 Å². The average Bonchev–Trinajstić information content (AvgIpc) is 2.81. The zero-order chi connectivity index (χ0) is 14.4. The number of aryl methyl sites for hydroxylation is 1. The van der Waals surface area contributed by atoms with Crippen LogP contribution >= 0.6 is 15.9 Å². The van der Waals surface area contributed by atoms with E-state index in [-0.39, 0.29) is 21.1 Å². The van der Waals surface area contributed by atoms with Crippen LogP contribution in [0.1, 0.15) is 6.42 Å². The number of hydrogen-bond acceptors (Lipinski definition) is 6. The highest BCUT2D eigenvalue weighted by atomic mass is 79.9. The van der Waals surface area contributed by atoms with Crippen molar-refractivity contribution in [3.8, 4) is 0 Å². The van der Waals surface area contributed by atoms with Crippen LogP contribution in [0.4, 0.5) is 0 Å². The van der Waals surface area contributed by atoms with Crippen LogP contribution in [0.25, 0.3) is 0 Å². The molecule has 0 aromatic carbocycles. The van der Waals surface area contributed by atoms with E-state index in [1.54, 1.807) is 0 Å². The van der Waals surface area contributed by atoms with E-state index >= 15 is 0 Å². The molecule has 1 saturated heterocycles. The largest absolute Gasteiger partial charge is 0.263 e. The third kappa shape index (κ3) is 2.69. The van der Waals surface area contributed by atoms with Gasteiger partial charge in [0.15, 0.2) is 14.4 Å². The molecule has 19 heavy (non-hydrogen) atoms. The summed E-state index contributed by atoms with van der Waals surface area (Å²) in [5.41, 5.74) is 0. The van der Waals surface area contributed by atoms with Crippen LogP contribution in [0, 0.1) is 0 Å². The maximum Gasteiger partial charge on any atom is 0.263 e. The lowest BCUT2D eigenvalue weighted by molar-refractivity contribution is 0.389. The number of nitrogens with zero attached hydrogens (tertiary/aromatic N) is 4. The standard InChI is InChI=1S/C8H13BrN4O4S2/c1-12-8(7(9)10-11-12)19(16,17)13(2)6-3-4-18(14,15)5-6/h6H,3-5H2,1-2H3. The molecule has 1 aliphatic heterocycles. The van der Waals surface area contributed by atoms with Gasteiger partial charge in [0.05, 0.1) is 11.5 Å². The zero-order valence-electron chi connectivity index (χ0n) is 10.3. The topological polar surface area (TPSA) is 102 Å². The molecule has 1 unspecified atom stereocenters. The van der Waals surface area contributed by atoms with Gasteiger partial charge in [-0.15, -0.1) is 5.10 Å². The molecule has 0 aliphatic carbocycles. The summed E-state index contributed by atoms with van der Waals surface area (Å²) in [6.45, 7) is 0. The van der Waals surface area contributed by atoms with Crippen LogP contribution in [0.15, 0.2) is 9.63 Å². The Morgan fingerprint density at radius 1 is 1.47 bits per heavy atom. The van der Waals surface area contributed by atoms with E-state index in [4.69, 9.17) is 0 Å². The molecule has 1 fully saturated rings. The SMILES string of the molecule is CN(C1CCS(=O)(=O)C1)S(=O)(=O)c1c(Br)nnn1C. The molecule has 0 saturated carbocycles. The molecule has 0 N–H and O–H groups in total. The third-order valence-corrected chi connectivity index (χ3v) is 7.63. The first-order valence-electron chi connectivity index (χ1n) is 5.39. The van der Waals surface area contributed by atoms with Gasteiger partial charge in [-0.3, -0.25) is 0 Å². The van der Waals surface area contributed by atoms with Gasteiger partial charge in [-0.1, -0.05) is 5.21 Å². The summed E-state index contributed by atoms with van der Waals surface area (Å²) in [5.74, 6) is -0.131. The highest BCUT2D eigenvalue weighted by Crippen LogP contribution is 2.26. The van der Waals surface area contributed by atoms with Crippen molar-refractivity contribution in [1.29, 1.82) is 0 Å². The lowest BCUT2D eigenvalue weighted by Gasteiger charge is -2.22. The van der Waals surface area contributed by atoms with E-state index in [0.29, 0.717) is 6.42 Å². The highest BCUT2D eigenvalue weighted by Gasteiger charge is 2.38. The maximum atomic E-state index is 12.4. The van der Waals surface area contributed by atoms with Crippen LogP contribution < -0.4 is 0 Å². The smallest absolute Gasteiger partial charge is 0.235 e. The Bertz CT molecular complexity index is 677. The minimum Gasteiger partial charge on any atom is -0.235 e. The van der Waals surface area contributed by atoms with Crippen molar-refractivity contribution in [1.82, 2.24) is 19.3 Å². The molecule has 2 heterocycles. The third-order valence-electron chi connectivity index (χ3n) is 3.08. The molecule has 2 rings (SSSR count). The Morgan fingerprint density at radius 3 is 2.53 bits per heavy atom. The summed E-state index contributed by atoms with van der Waals surface area (Å²) in [4.78, 5) is 0. The minimum absolute atomic E-state index is 0.0162. The predicted octanol–water partition coefficient (Wildman–Crippen LogP) is -0.615. The summed E-state index contributed by atoms with van der Waals surface area (Å²) < 4.78 is 50.1. The van der Waals surface area contributed by atoms with Crippen molar-refractivity contribution in [2.75, 3.05) is 18.6 Å². The summed E-state index contributed by atoms with van der Waals surface area (Å²) in [6.07, 6.45) is 0.307. The average molecular weight is 373 g/mol. The second-order valence-electron chi connectivity index (χ2n) is 4.39. The molecule has 0 bridgehead atoms. The first kappa shape index (κ1) is 14.9. The van der Waals surface area contributed by atoms with E-state index in [1.807, 2.05) is 0 Å². The van der Waals surface area contributed by atoms with Crippen molar-refractivity contribution in [2.45, 2.75) is 17.5 Å². The van der Waals surface area contributed by atoms with Crippen LogP contribution in [-0.4, -0.2) is 60.7 Å². The first-order valence-corrected chi connectivity index (χ1v) is 9.44. The van der Waals surface area contributed by atoms with Gasteiger partial charge in [0, 0.05) is 20.1 Å². The molecular weight excluding hydrogens is 360 g/mol. The number of sulfonamides is 1. The number of sulfone groups is 1. The van der Waals surface area contributed by atoms with E-state index in [9.17, 15) is 16.8 Å². The Hall–Kier alpha value is -0.520. The van der Waals surface area contributed by atoms with Crippen molar-refractivity contribution in [3.63, 3.8) is 0 Å². The van der Waals surface area contributed by atoms with E-state index < -0.39 is 25.9 Å². The lowest BCUT2D eigenvalue weighted by Crippen LogP contribution is -2.38. The summed E-state index contributed by atoms with van der Waals surface area (Å²) >= 11 is 3.03. The summed E-state index contributed by atoms with van der Waals surface area (Å²) in [6, 6.07) is -0.545. The molecule has 1 aromatic rings. The number of hydrogen-bond donors (Lipinski definition) is 0. The normalized spacial score (nSPS) is 23.1. The molecule has 0 spiro atoms. The van der Waals surface area contributed by atoms with E-state index in [2.05, 4.69) is 26.2 Å². The Balaban J connectivity index is 2.36. The molecule has 1 aliphatic rings. The van der Waals surface area contributed by atoms with Gasteiger partial charge in [0.25, 0.3) is 10.0 Å². The fourth-order valence-corrected chi connectivity index (χ4v) is 6.27. The summed E-state index contributed by atoms with van der Waals surface area (Å²) in [5, 5.41) is 7.16. The fraction of sp³-hybridized carbons (Fsp3) is 0.750. The Morgan fingerprint density at radius 2 is 2.11 bits per heavy atom. The molecule has 108 valence electrons. The highest BCUT2D eigenvalue weighted by molar-refractivity contribution is 9.10. The monoisotopic (exact) mass is 372 g/mol. The van der Waals surface area contributed by atoms with Gasteiger partial charge in [0.2, 0.25) is 5.03 Å². The molecule has 0 amide bonds. The predicted molar refractivity (Wildman–Crippen MR) is 70.7 cm³/mol. The Labute approximate surface area is 119 Å². The van der Waals surface area contributed by atoms with Gasteiger partial charge < -0.3 is 0 Å². The van der Waals surface area contributed by atoms with Crippen LogP contribution in [-0.2, 0) is 26.9 Å². The quantitative estimate of drug-likeness (QED) is 0.700. The van der Waals surface area contributed by atoms with Crippen LogP contribution in [0.5, 0.6) is 0 Å². The van der Waals surface area contributed by atoms with Crippen molar-refractivity contribution < 1.29 is 16.8 Å². The number of rotatable bonds is 3. The zero-order valence-corrected chi connectivity index (χ0v) is 13.5. The van der Waals surface area contributed by atoms with Gasteiger partial charge in [-0.25, -0.2) is 21.5 Å². The van der Waals surface area contributed by atoms with E-state index in [1.165, 1.54) is 14.1 Å². The minimum atomic E-state index is -3.83. The molecular formula is C8H13BrN4O4S2. The van der Waals surface area contributed by atoms with Gasteiger partial charge >= 0.3 is 0 Å². The van der Waals surface area contributed by atoms with Crippen molar-refractivity contribution >= 4 is 35.8 Å². The lowest BCUT2D eigenvalue weighted by atomic mass is 10.3. The first-order chi connectivity index (χ1) is 8.65. The second kappa shape index (κ2) is 4.79. The van der Waals surface area contributed by atoms with Crippen molar-refractivity contribution in [2.24, 2.45) is 7.05 Å². The van der Waals surface area contributed by atoms with Gasteiger partial charge in [0.1, 0.15) is 0 Å². The maximum absolute atomic E-state index is 12.4. The summed E-state index contributed by atoms with van der Waals surface area (Å²) in [7, 11) is -4.14. The Kier molecular flexibility index (Phi) is 3.75. The van der Waals surface area contributed by atoms with E-state index in [0.717, 1.165) is 8.99 Å². The van der Waals surface area contributed by atoms with Crippen LogP contribution in [0.3, 0.4) is 0 Å².